The third-order valence-electron chi connectivity index (χ3n) is 8.86. The Hall–Kier alpha value is -4.02. The van der Waals surface area contributed by atoms with Gasteiger partial charge >= 0.3 is 11.9 Å². The summed E-state index contributed by atoms with van der Waals surface area (Å²) in [5.41, 5.74) is 0.676. The number of benzene rings is 2. The van der Waals surface area contributed by atoms with E-state index in [1.165, 1.54) is 24.3 Å². The maximum atomic E-state index is 13.5. The number of likely N-dealkylation sites (tertiary alicyclic amines) is 2. The fourth-order valence-electron chi connectivity index (χ4n) is 6.52. The second-order valence-corrected chi connectivity index (χ2v) is 12.6. The van der Waals surface area contributed by atoms with Crippen LogP contribution in [0.25, 0.3) is 21.8 Å². The van der Waals surface area contributed by atoms with Gasteiger partial charge in [0.2, 0.25) is 0 Å². The number of esters is 2. The van der Waals surface area contributed by atoms with Gasteiger partial charge in [-0.15, -0.1) is 0 Å². The summed E-state index contributed by atoms with van der Waals surface area (Å²) in [6.07, 6.45) is 7.61. The van der Waals surface area contributed by atoms with Crippen LogP contribution in [0.2, 0.25) is 0 Å². The predicted octanol–water partition coefficient (Wildman–Crippen LogP) is 5.15. The predicted molar refractivity (Wildman–Crippen MR) is 164 cm³/mol. The van der Waals surface area contributed by atoms with Crippen molar-refractivity contribution in [3.05, 3.63) is 84.7 Å². The average Bonchev–Trinajstić information content (AvgIpc) is 3.75. The molecule has 0 bridgehead atoms. The monoisotopic (exact) mass is 604 g/mol. The smallest absolute Gasteiger partial charge is 0.331 e. The summed E-state index contributed by atoms with van der Waals surface area (Å²) in [6.45, 7) is 9.61. The van der Waals surface area contributed by atoms with Crippen LogP contribution in [0.4, 0.5) is 8.78 Å². The van der Waals surface area contributed by atoms with E-state index >= 15 is 0 Å². The molecule has 10 heteroatoms. The van der Waals surface area contributed by atoms with Gasteiger partial charge in [0.25, 0.3) is 0 Å². The summed E-state index contributed by atoms with van der Waals surface area (Å²) in [6, 6.07) is 13.4. The van der Waals surface area contributed by atoms with Gasteiger partial charge in [-0.3, -0.25) is 9.80 Å². The van der Waals surface area contributed by atoms with E-state index in [2.05, 4.69) is 18.9 Å². The van der Waals surface area contributed by atoms with E-state index in [0.717, 1.165) is 73.2 Å². The van der Waals surface area contributed by atoms with Gasteiger partial charge in [0.1, 0.15) is 22.8 Å². The molecule has 0 amide bonds. The van der Waals surface area contributed by atoms with Crippen LogP contribution in [0.3, 0.4) is 0 Å². The summed E-state index contributed by atoms with van der Waals surface area (Å²) in [4.78, 5) is 29.7. The van der Waals surface area contributed by atoms with E-state index in [1.807, 2.05) is 38.4 Å². The number of hydrogen-bond donors (Lipinski definition) is 0. The summed E-state index contributed by atoms with van der Waals surface area (Å²) >= 11 is 0. The Morgan fingerprint density at radius 2 is 1.14 bits per heavy atom. The topological polar surface area (TPSA) is 68.9 Å². The van der Waals surface area contributed by atoms with Crippen molar-refractivity contribution in [3.8, 4) is 0 Å². The molecule has 4 aromatic rings. The Labute approximate surface area is 255 Å². The van der Waals surface area contributed by atoms with Gasteiger partial charge in [-0.05, 0) is 62.4 Å². The molecule has 2 aromatic carbocycles. The molecular weight excluding hydrogens is 566 g/mol. The number of nitrogens with zero attached hydrogens (tertiary/aromatic N) is 4. The highest BCUT2D eigenvalue weighted by Crippen LogP contribution is 2.27. The van der Waals surface area contributed by atoms with Crippen molar-refractivity contribution in [3.63, 3.8) is 0 Å². The van der Waals surface area contributed by atoms with Gasteiger partial charge in [-0.1, -0.05) is 0 Å². The molecule has 4 heterocycles. The highest BCUT2D eigenvalue weighted by atomic mass is 19.1. The Morgan fingerprint density at radius 1 is 0.705 bits per heavy atom. The average molecular weight is 605 g/mol. The molecule has 44 heavy (non-hydrogen) atoms. The first-order valence-electron chi connectivity index (χ1n) is 15.1. The summed E-state index contributed by atoms with van der Waals surface area (Å²) in [5, 5.41) is 1.74. The molecule has 2 aliphatic heterocycles. The second kappa shape index (κ2) is 12.2. The molecule has 2 unspecified atom stereocenters. The van der Waals surface area contributed by atoms with E-state index in [-0.39, 0.29) is 11.6 Å². The van der Waals surface area contributed by atoms with Crippen LogP contribution in [0, 0.1) is 11.6 Å². The molecule has 2 saturated heterocycles. The van der Waals surface area contributed by atoms with Crippen molar-refractivity contribution in [2.75, 3.05) is 39.3 Å². The van der Waals surface area contributed by atoms with Gasteiger partial charge in [0, 0.05) is 112 Å². The van der Waals surface area contributed by atoms with Crippen molar-refractivity contribution < 1.29 is 27.8 Å². The minimum atomic E-state index is -0.648. The molecule has 0 saturated carbocycles. The number of ether oxygens (including phenoxy) is 2. The molecule has 0 spiro atoms. The molecule has 0 aliphatic carbocycles. The standard InChI is InChI=1S/C34H38F2N4O4/c1-33(11-15-37(23-33)17-19-39-13-9-25-21-27(35)3-5-29(25)39)43-31(41)7-8-32(42)44-34(2)12-16-38(24-34)18-20-40-14-10-26-22-28(36)4-6-30(26)40/h3-10,13-14,21-22H,11-12,15-20,23-24H2,1-2H3/b8-7+. The quantitative estimate of drug-likeness (QED) is 0.184. The number of carbonyl (C=O) groups is 2. The Balaban J connectivity index is 0.933. The minimum Gasteiger partial charge on any atom is -0.455 e. The Bertz CT molecular complexity index is 1590. The largest absolute Gasteiger partial charge is 0.455 e. The normalized spacial score (nSPS) is 22.9. The number of fused-ring (bicyclic) bond motifs is 2. The van der Waals surface area contributed by atoms with Gasteiger partial charge in [0.15, 0.2) is 0 Å². The number of aromatic nitrogens is 2. The molecular formula is C34H38F2N4O4. The third-order valence-corrected chi connectivity index (χ3v) is 8.86. The molecule has 2 aromatic heterocycles. The zero-order valence-corrected chi connectivity index (χ0v) is 25.2. The molecule has 0 radical (unpaired) electrons. The lowest BCUT2D eigenvalue weighted by molar-refractivity contribution is -0.153. The van der Waals surface area contributed by atoms with Crippen molar-refractivity contribution >= 4 is 33.7 Å². The first-order chi connectivity index (χ1) is 21.1. The minimum absolute atomic E-state index is 0.247. The van der Waals surface area contributed by atoms with Gasteiger partial charge in [-0.25, -0.2) is 18.4 Å². The first-order valence-corrected chi connectivity index (χ1v) is 15.1. The van der Waals surface area contributed by atoms with Gasteiger partial charge < -0.3 is 18.6 Å². The van der Waals surface area contributed by atoms with Gasteiger partial charge in [0.05, 0.1) is 0 Å². The lowest BCUT2D eigenvalue weighted by Crippen LogP contribution is -2.36. The summed E-state index contributed by atoms with van der Waals surface area (Å²) in [7, 11) is 0. The van der Waals surface area contributed by atoms with Crippen molar-refractivity contribution in [1.82, 2.24) is 18.9 Å². The summed E-state index contributed by atoms with van der Waals surface area (Å²) in [5.74, 6) is -1.63. The van der Waals surface area contributed by atoms with Crippen molar-refractivity contribution in [2.24, 2.45) is 0 Å². The molecule has 2 fully saturated rings. The zero-order chi connectivity index (χ0) is 30.9. The van der Waals surface area contributed by atoms with Crippen molar-refractivity contribution in [2.45, 2.75) is 51.0 Å². The van der Waals surface area contributed by atoms with E-state index in [0.29, 0.717) is 25.9 Å². The number of rotatable bonds is 10. The van der Waals surface area contributed by atoms with Crippen LogP contribution in [0.5, 0.6) is 0 Å². The third kappa shape index (κ3) is 6.87. The SMILES string of the molecule is CC1(OC(=O)/C=C/C(=O)OC2(C)CCN(CCn3ccc4cc(F)ccc43)C2)CCN(CCn2ccc3cc(F)ccc32)C1. The first kappa shape index (κ1) is 30.0. The fraction of sp³-hybridized carbons (Fsp3) is 0.412. The molecule has 232 valence electrons. The van der Waals surface area contributed by atoms with E-state index in [9.17, 15) is 18.4 Å². The lowest BCUT2D eigenvalue weighted by atomic mass is 10.1. The van der Waals surface area contributed by atoms with Crippen molar-refractivity contribution in [1.29, 1.82) is 0 Å². The van der Waals surface area contributed by atoms with Crippen LogP contribution in [0.1, 0.15) is 26.7 Å². The molecule has 8 nitrogen and oxygen atoms in total. The highest BCUT2D eigenvalue weighted by molar-refractivity contribution is 5.92. The van der Waals surface area contributed by atoms with Crippen LogP contribution in [-0.2, 0) is 32.2 Å². The van der Waals surface area contributed by atoms with Crippen LogP contribution < -0.4 is 0 Å². The maximum absolute atomic E-state index is 13.5. The molecule has 6 rings (SSSR count). The van der Waals surface area contributed by atoms with E-state index < -0.39 is 23.1 Å². The van der Waals surface area contributed by atoms with Gasteiger partial charge in [-0.2, -0.15) is 0 Å². The van der Waals surface area contributed by atoms with E-state index in [1.54, 1.807) is 12.1 Å². The molecule has 0 N–H and O–H groups in total. The lowest BCUT2D eigenvalue weighted by Gasteiger charge is -2.25. The molecule has 2 atom stereocenters. The van der Waals surface area contributed by atoms with Crippen LogP contribution in [0.15, 0.2) is 73.1 Å². The summed E-state index contributed by atoms with van der Waals surface area (Å²) < 4.78 is 42.7. The fourth-order valence-corrected chi connectivity index (χ4v) is 6.52. The van der Waals surface area contributed by atoms with E-state index in [4.69, 9.17) is 9.47 Å². The van der Waals surface area contributed by atoms with Crippen LogP contribution in [-0.4, -0.2) is 81.3 Å². The van der Waals surface area contributed by atoms with Crippen LogP contribution >= 0.6 is 0 Å². The Morgan fingerprint density at radius 3 is 1.57 bits per heavy atom. The number of hydrogen-bond acceptors (Lipinski definition) is 6. The second-order valence-electron chi connectivity index (χ2n) is 12.6. The maximum Gasteiger partial charge on any atom is 0.331 e. The number of carbonyl (C=O) groups excluding carboxylic acids is 2. The Kier molecular flexibility index (Phi) is 8.30. The zero-order valence-electron chi connectivity index (χ0n) is 25.2. The number of halogens is 2. The molecule has 2 aliphatic rings. The highest BCUT2D eigenvalue weighted by Gasteiger charge is 2.38.